The third-order valence-corrected chi connectivity index (χ3v) is 5.87. The number of amides is 1. The van der Waals surface area contributed by atoms with Gasteiger partial charge in [0.05, 0.1) is 18.7 Å². The normalized spacial score (nSPS) is 16.2. The van der Waals surface area contributed by atoms with Gasteiger partial charge in [-0.05, 0) is 42.9 Å². The van der Waals surface area contributed by atoms with Crippen LogP contribution in [0.15, 0.2) is 42.5 Å². The van der Waals surface area contributed by atoms with Crippen LogP contribution in [0.25, 0.3) is 0 Å². The summed E-state index contributed by atoms with van der Waals surface area (Å²) < 4.78 is 5.34. The molecule has 1 atom stereocenters. The van der Waals surface area contributed by atoms with Gasteiger partial charge in [0.2, 0.25) is 0 Å². The first-order chi connectivity index (χ1) is 14.4. The van der Waals surface area contributed by atoms with Gasteiger partial charge in [-0.3, -0.25) is 9.69 Å². The van der Waals surface area contributed by atoms with E-state index in [0.717, 1.165) is 31.9 Å². The van der Waals surface area contributed by atoms with E-state index in [4.69, 9.17) is 16.3 Å². The molecule has 7 heteroatoms. The van der Waals surface area contributed by atoms with Crippen molar-refractivity contribution >= 4 is 23.2 Å². The van der Waals surface area contributed by atoms with Gasteiger partial charge in [-0.2, -0.15) is 0 Å². The summed E-state index contributed by atoms with van der Waals surface area (Å²) in [5.74, 6) is 0.335. The van der Waals surface area contributed by atoms with E-state index in [1.807, 2.05) is 14.1 Å². The van der Waals surface area contributed by atoms with Gasteiger partial charge in [-0.1, -0.05) is 23.7 Å². The van der Waals surface area contributed by atoms with E-state index in [2.05, 4.69) is 51.3 Å². The molecule has 2 aromatic carbocycles. The number of hydrogen-bond donors (Lipinski definition) is 1. The molecule has 0 aliphatic carbocycles. The fourth-order valence-corrected chi connectivity index (χ4v) is 3.90. The van der Waals surface area contributed by atoms with Crippen LogP contribution in [0.1, 0.15) is 22.0 Å². The molecule has 3 rings (SSSR count). The number of rotatable bonds is 7. The molecular weight excluding hydrogens is 400 g/mol. The molecule has 1 saturated heterocycles. The predicted molar refractivity (Wildman–Crippen MR) is 123 cm³/mol. The van der Waals surface area contributed by atoms with Crippen molar-refractivity contribution in [1.29, 1.82) is 0 Å². The lowest BCUT2D eigenvalue weighted by Crippen LogP contribution is -2.48. The number of nitrogens with zero attached hydrogens (tertiary/aromatic N) is 3. The molecule has 1 aliphatic rings. The lowest BCUT2D eigenvalue weighted by atomic mass is 10.0. The molecular formula is C23H31ClN4O2. The summed E-state index contributed by atoms with van der Waals surface area (Å²) in [6.45, 7) is 4.48. The van der Waals surface area contributed by atoms with Crippen LogP contribution >= 0.6 is 11.6 Å². The summed E-state index contributed by atoms with van der Waals surface area (Å²) in [4.78, 5) is 19.8. The first-order valence-electron chi connectivity index (χ1n) is 10.2. The molecule has 30 heavy (non-hydrogen) atoms. The number of benzene rings is 2. The van der Waals surface area contributed by atoms with Crippen molar-refractivity contribution in [2.75, 3.05) is 65.9 Å². The quantitative estimate of drug-likeness (QED) is 0.731. The number of halogens is 1. The second-order valence-corrected chi connectivity index (χ2v) is 8.33. The van der Waals surface area contributed by atoms with Gasteiger partial charge < -0.3 is 19.9 Å². The molecule has 0 bridgehead atoms. The van der Waals surface area contributed by atoms with Crippen molar-refractivity contribution in [2.45, 2.75) is 6.04 Å². The Bertz CT molecular complexity index is 849. The standard InChI is InChI=1S/C23H31ClN4O2/c1-26(2)19-8-5-17(6-9-19)21(28-13-11-27(3)12-14-28)16-25-23(29)20-15-18(24)7-10-22(20)30-4/h5-10,15,21H,11-14,16H2,1-4H3,(H,25,29). The molecule has 162 valence electrons. The maximum Gasteiger partial charge on any atom is 0.255 e. The van der Waals surface area contributed by atoms with Gasteiger partial charge in [0.1, 0.15) is 5.75 Å². The Morgan fingerprint density at radius 2 is 1.80 bits per heavy atom. The highest BCUT2D eigenvalue weighted by molar-refractivity contribution is 6.31. The Kier molecular flexibility index (Phi) is 7.58. The van der Waals surface area contributed by atoms with Crippen LogP contribution in [0.4, 0.5) is 5.69 Å². The van der Waals surface area contributed by atoms with Crippen LogP contribution in [-0.2, 0) is 0 Å². The number of carbonyl (C=O) groups excluding carboxylic acids is 1. The molecule has 0 spiro atoms. The molecule has 1 aliphatic heterocycles. The Hall–Kier alpha value is -2.28. The largest absolute Gasteiger partial charge is 0.496 e. The molecule has 2 aromatic rings. The number of methoxy groups -OCH3 is 1. The Morgan fingerprint density at radius 1 is 1.13 bits per heavy atom. The predicted octanol–water partition coefficient (Wildman–Crippen LogP) is 3.13. The molecule has 6 nitrogen and oxygen atoms in total. The van der Waals surface area contributed by atoms with Crippen molar-refractivity contribution in [3.63, 3.8) is 0 Å². The van der Waals surface area contributed by atoms with Crippen molar-refractivity contribution in [1.82, 2.24) is 15.1 Å². The van der Waals surface area contributed by atoms with Crippen LogP contribution in [0.3, 0.4) is 0 Å². The maximum absolute atomic E-state index is 12.9. The minimum atomic E-state index is -0.182. The average molecular weight is 431 g/mol. The minimum absolute atomic E-state index is 0.101. The highest BCUT2D eigenvalue weighted by atomic mass is 35.5. The first-order valence-corrected chi connectivity index (χ1v) is 10.6. The Morgan fingerprint density at radius 3 is 2.40 bits per heavy atom. The third kappa shape index (κ3) is 5.45. The average Bonchev–Trinajstić information content (AvgIpc) is 2.75. The van der Waals surface area contributed by atoms with Gasteiger partial charge in [-0.25, -0.2) is 0 Å². The first kappa shape index (κ1) is 22.4. The topological polar surface area (TPSA) is 48.1 Å². The van der Waals surface area contributed by atoms with Crippen LogP contribution in [-0.4, -0.2) is 76.7 Å². The van der Waals surface area contributed by atoms with Crippen molar-refractivity contribution in [3.8, 4) is 5.75 Å². The molecule has 1 heterocycles. The van der Waals surface area contributed by atoms with Gasteiger partial charge in [0, 0.05) is 57.5 Å². The highest BCUT2D eigenvalue weighted by Gasteiger charge is 2.25. The smallest absolute Gasteiger partial charge is 0.255 e. The molecule has 1 fully saturated rings. The Labute approximate surface area is 184 Å². The third-order valence-electron chi connectivity index (χ3n) is 5.64. The molecule has 0 aromatic heterocycles. The number of ether oxygens (including phenoxy) is 1. The molecule has 1 unspecified atom stereocenters. The molecule has 1 N–H and O–H groups in total. The zero-order valence-electron chi connectivity index (χ0n) is 18.2. The van der Waals surface area contributed by atoms with Gasteiger partial charge in [-0.15, -0.1) is 0 Å². The lowest BCUT2D eigenvalue weighted by molar-refractivity contribution is 0.0883. The van der Waals surface area contributed by atoms with E-state index in [1.165, 1.54) is 5.56 Å². The summed E-state index contributed by atoms with van der Waals surface area (Å²) in [5.41, 5.74) is 2.80. The number of piperazine rings is 1. The van der Waals surface area contributed by atoms with Crippen molar-refractivity contribution in [2.24, 2.45) is 0 Å². The van der Waals surface area contributed by atoms with E-state index in [9.17, 15) is 4.79 Å². The zero-order chi connectivity index (χ0) is 21.7. The fourth-order valence-electron chi connectivity index (χ4n) is 3.73. The van der Waals surface area contributed by atoms with Crippen LogP contribution in [0.5, 0.6) is 5.75 Å². The monoisotopic (exact) mass is 430 g/mol. The van der Waals surface area contributed by atoms with Crippen LogP contribution in [0.2, 0.25) is 5.02 Å². The van der Waals surface area contributed by atoms with E-state index >= 15 is 0 Å². The number of carbonyl (C=O) groups is 1. The fraction of sp³-hybridized carbons (Fsp3) is 0.435. The number of likely N-dealkylation sites (N-methyl/N-ethyl adjacent to an activating group) is 1. The van der Waals surface area contributed by atoms with Crippen LogP contribution in [0, 0.1) is 0 Å². The molecule has 0 radical (unpaired) electrons. The summed E-state index contributed by atoms with van der Waals surface area (Å²) in [6, 6.07) is 13.7. The lowest BCUT2D eigenvalue weighted by Gasteiger charge is -2.38. The van der Waals surface area contributed by atoms with Gasteiger partial charge >= 0.3 is 0 Å². The summed E-state index contributed by atoms with van der Waals surface area (Å²) in [6.07, 6.45) is 0. The maximum atomic E-state index is 12.9. The summed E-state index contributed by atoms with van der Waals surface area (Å²) in [5, 5.41) is 3.61. The summed E-state index contributed by atoms with van der Waals surface area (Å²) >= 11 is 6.10. The van der Waals surface area contributed by atoms with Crippen molar-refractivity contribution < 1.29 is 9.53 Å². The summed E-state index contributed by atoms with van der Waals surface area (Å²) in [7, 11) is 7.77. The Balaban J connectivity index is 1.78. The number of hydrogen-bond acceptors (Lipinski definition) is 5. The molecule has 1 amide bonds. The molecule has 0 saturated carbocycles. The SMILES string of the molecule is COc1ccc(Cl)cc1C(=O)NCC(c1ccc(N(C)C)cc1)N1CCN(C)CC1. The van der Waals surface area contributed by atoms with Gasteiger partial charge in [0.25, 0.3) is 5.91 Å². The van der Waals surface area contributed by atoms with Crippen LogP contribution < -0.4 is 15.0 Å². The highest BCUT2D eigenvalue weighted by Crippen LogP contribution is 2.26. The zero-order valence-corrected chi connectivity index (χ0v) is 18.9. The van der Waals surface area contributed by atoms with Crippen molar-refractivity contribution in [3.05, 3.63) is 58.6 Å². The van der Waals surface area contributed by atoms with E-state index in [0.29, 0.717) is 22.9 Å². The number of anilines is 1. The van der Waals surface area contributed by atoms with E-state index < -0.39 is 0 Å². The van der Waals surface area contributed by atoms with E-state index in [-0.39, 0.29) is 11.9 Å². The van der Waals surface area contributed by atoms with Gasteiger partial charge in [0.15, 0.2) is 0 Å². The second-order valence-electron chi connectivity index (χ2n) is 7.90. The second kappa shape index (κ2) is 10.2. The number of nitrogens with one attached hydrogen (secondary N) is 1. The van der Waals surface area contributed by atoms with E-state index in [1.54, 1.807) is 25.3 Å². The minimum Gasteiger partial charge on any atom is -0.496 e.